The normalized spacial score (nSPS) is 21.8. The minimum atomic E-state index is -1.04. The molecule has 9 rings (SSSR count). The number of fused-ring (bicyclic) bond motifs is 2. The molecule has 2 spiro atoms. The second-order valence-corrected chi connectivity index (χ2v) is 24.7. The van der Waals surface area contributed by atoms with Gasteiger partial charge in [0.15, 0.2) is 5.65 Å². The van der Waals surface area contributed by atoms with Crippen molar-refractivity contribution in [1.29, 1.82) is 0 Å². The number of pyridine rings is 1. The van der Waals surface area contributed by atoms with Crippen molar-refractivity contribution in [2.75, 3.05) is 36.0 Å². The Bertz CT molecular complexity index is 2390. The van der Waals surface area contributed by atoms with Gasteiger partial charge in [-0.05, 0) is 122 Å². The second-order valence-electron chi connectivity index (χ2n) is 19.3. The van der Waals surface area contributed by atoms with Crippen LogP contribution in [0.3, 0.4) is 0 Å². The van der Waals surface area contributed by atoms with Crippen LogP contribution in [-0.4, -0.2) is 89.9 Å². The number of nitrogens with one attached hydrogen (secondary N) is 2. The fourth-order valence-electron chi connectivity index (χ4n) is 9.69. The predicted octanol–water partition coefficient (Wildman–Crippen LogP) is 4.88. The molecule has 5 aromatic rings. The number of hydrogen-bond acceptors (Lipinski definition) is 11. The zero-order valence-electron chi connectivity index (χ0n) is 38.1. The first-order valence-corrected chi connectivity index (χ1v) is 25.2. The Kier molecular flexibility index (Phi) is 16.5. The minimum Gasteiger partial charge on any atom is -0.813 e. The van der Waals surface area contributed by atoms with Crippen molar-refractivity contribution < 1.29 is 38.0 Å². The average Bonchev–Trinajstić information content (AvgIpc) is 4.06. The molecule has 2 saturated carbocycles. The summed E-state index contributed by atoms with van der Waals surface area (Å²) in [6.45, 7) is 17.9. The third-order valence-corrected chi connectivity index (χ3v) is 18.2. The van der Waals surface area contributed by atoms with Crippen LogP contribution in [0, 0.1) is 23.8 Å². The first-order valence-electron chi connectivity index (χ1n) is 21.7. The quantitative estimate of drug-likeness (QED) is 0.0954. The van der Waals surface area contributed by atoms with E-state index < -0.39 is 22.0 Å². The van der Waals surface area contributed by atoms with E-state index in [1.807, 2.05) is 83.7 Å². The summed E-state index contributed by atoms with van der Waals surface area (Å²) in [6, 6.07) is 5.67. The predicted molar refractivity (Wildman–Crippen MR) is 257 cm³/mol. The van der Waals surface area contributed by atoms with E-state index in [0.29, 0.717) is 17.1 Å². The Hall–Kier alpha value is -1.80. The Balaban J connectivity index is 0.000000211. The summed E-state index contributed by atoms with van der Waals surface area (Å²) in [5.74, 6) is 1.88. The summed E-state index contributed by atoms with van der Waals surface area (Å²) < 4.78 is 36.0. The van der Waals surface area contributed by atoms with Gasteiger partial charge in [-0.25, -0.2) is 27.8 Å². The topological polar surface area (TPSA) is 138 Å². The summed E-state index contributed by atoms with van der Waals surface area (Å²) in [5, 5.41) is 0.666. The summed E-state index contributed by atoms with van der Waals surface area (Å²) in [6.07, 6.45) is 24.4. The van der Waals surface area contributed by atoms with Crippen LogP contribution in [0.25, 0.3) is 11.3 Å². The van der Waals surface area contributed by atoms with Gasteiger partial charge in [-0.2, -0.15) is 0 Å². The van der Waals surface area contributed by atoms with E-state index in [1.54, 1.807) is 30.4 Å². The van der Waals surface area contributed by atoms with Gasteiger partial charge in [0.2, 0.25) is 11.9 Å². The van der Waals surface area contributed by atoms with E-state index in [1.165, 1.54) is 25.7 Å². The minimum absolute atomic E-state index is 0. The van der Waals surface area contributed by atoms with Crippen LogP contribution in [0.4, 0.5) is 11.9 Å². The van der Waals surface area contributed by atoms with Crippen LogP contribution in [0.2, 0.25) is 5.02 Å². The monoisotopic (exact) mass is 962 g/mol. The molecule has 2 N–H and O–H groups in total. The maximum Gasteiger partial charge on any atom is 1.00 e. The van der Waals surface area contributed by atoms with Crippen molar-refractivity contribution in [3.05, 3.63) is 66.2 Å². The molecule has 4 atom stereocenters. The van der Waals surface area contributed by atoms with Crippen molar-refractivity contribution in [2.45, 2.75) is 144 Å². The molecule has 19 heteroatoms. The van der Waals surface area contributed by atoms with Gasteiger partial charge < -0.3 is 33.8 Å². The Labute approximate surface area is 416 Å². The number of halogens is 1. The smallest absolute Gasteiger partial charge is 0.813 e. The molecule has 0 amide bonds. The number of anilines is 2. The van der Waals surface area contributed by atoms with E-state index in [-0.39, 0.29) is 63.4 Å². The summed E-state index contributed by atoms with van der Waals surface area (Å²) >= 11 is 8.05. The van der Waals surface area contributed by atoms with Crippen molar-refractivity contribution in [2.24, 2.45) is 10.8 Å². The van der Waals surface area contributed by atoms with Crippen LogP contribution in [-0.2, 0) is 35.5 Å². The molecule has 4 aliphatic rings. The third-order valence-electron chi connectivity index (χ3n) is 13.4. The molecule has 0 aromatic carbocycles. The van der Waals surface area contributed by atoms with Gasteiger partial charge in [0.1, 0.15) is 0 Å². The molecule has 63 heavy (non-hydrogen) atoms. The Morgan fingerprint density at radius 2 is 1.25 bits per heavy atom. The summed E-state index contributed by atoms with van der Waals surface area (Å²) in [7, 11) is -2.04. The van der Waals surface area contributed by atoms with Crippen molar-refractivity contribution >= 4 is 82.0 Å². The molecule has 2 aliphatic heterocycles. The third kappa shape index (κ3) is 10.8. The number of rotatable bonds is 8. The van der Waals surface area contributed by atoms with Crippen LogP contribution in [0.5, 0.6) is 0 Å². The Morgan fingerprint density at radius 1 is 0.730 bits per heavy atom. The van der Waals surface area contributed by atoms with Crippen LogP contribution in [0.1, 0.15) is 111 Å². The zero-order chi connectivity index (χ0) is 43.2. The maximum absolute atomic E-state index is 12.8. The van der Waals surface area contributed by atoms with E-state index in [0.717, 1.165) is 103 Å². The Morgan fingerprint density at radius 3 is 1.81 bits per heavy atom. The largest absolute Gasteiger partial charge is 1.00 e. The van der Waals surface area contributed by atoms with Gasteiger partial charge in [-0.3, -0.25) is 19.4 Å². The SMILES string of the molecule is CC(C)(C)[S@@](=O)N[C@@H]1CCCC12CCN(c1nc[c-]c3nccn13)CC2.Cc1nccc(Sc2cnc(N3CCC4(CCC[C@H]4N[S@@](=O)C(C)(C)C)CC3)n3ccnc23)c1Cl.[Na+].[SH-]. The molecule has 338 valence electrons. The van der Waals surface area contributed by atoms with Gasteiger partial charge >= 0.3 is 29.6 Å². The van der Waals surface area contributed by atoms with Gasteiger partial charge in [-0.15, -0.1) is 6.20 Å². The van der Waals surface area contributed by atoms with Crippen LogP contribution < -0.4 is 48.8 Å². The van der Waals surface area contributed by atoms with Crippen molar-refractivity contribution in [3.63, 3.8) is 0 Å². The van der Waals surface area contributed by atoms with Gasteiger partial charge in [0.05, 0.1) is 47.1 Å². The summed E-state index contributed by atoms with van der Waals surface area (Å²) in [5.41, 5.74) is 3.00. The van der Waals surface area contributed by atoms with Gasteiger partial charge in [0, 0.05) is 80.3 Å². The van der Waals surface area contributed by atoms with Gasteiger partial charge in [0.25, 0.3) is 0 Å². The van der Waals surface area contributed by atoms with E-state index >= 15 is 0 Å². The van der Waals surface area contributed by atoms with Crippen LogP contribution >= 0.6 is 23.4 Å². The molecule has 0 unspecified atom stereocenters. The van der Waals surface area contributed by atoms with E-state index in [9.17, 15) is 8.42 Å². The number of thiol groups is 1. The fraction of sp³-hybridized carbons (Fsp3) is 0.614. The molecular weight excluding hydrogens is 901 g/mol. The number of aromatic nitrogens is 7. The fourth-order valence-corrected chi connectivity index (χ4v) is 12.8. The number of aryl methyl sites for hydroxylation is 1. The molecule has 2 aliphatic carbocycles. The first kappa shape index (κ1) is 50.6. The number of nitrogens with zero attached hydrogens (tertiary/aromatic N) is 9. The summed E-state index contributed by atoms with van der Waals surface area (Å²) in [4.78, 5) is 29.3. The molecular formula is C44H62ClN11NaO2S4-. The standard InChI is InChI=1S/C25H33ClN6OS2.C19H28N5OS.Na.H2S/c1-17-21(26)18(7-11-27-17)34-19-16-29-23(32-15-12-28-22(19)32)31-13-9-25(10-14-31)8-5-6-20(25)30-35(33)24(2,3)4;1-18(2,3)26(25)22-15-5-4-7-19(15)8-12-23(13-9-19)17-21-10-6-16-20-11-14-24(16)17;;/h7,11-12,15-16,20,30H,5-6,8-10,13-14H2,1-4H3;10-11,14-15,22H,4-5,7-9,12-13H2,1-3H3;;1H2/q;-1;+1;/p-1/t20-,35+;15-,26-;;/m11../s1. The molecule has 5 aromatic heterocycles. The average molecular weight is 964 g/mol. The van der Waals surface area contributed by atoms with Crippen LogP contribution in [0.15, 0.2) is 59.2 Å². The zero-order valence-corrected chi connectivity index (χ0v) is 44.2. The molecule has 2 saturated heterocycles. The van der Waals surface area contributed by atoms with E-state index in [4.69, 9.17) is 16.6 Å². The molecule has 13 nitrogen and oxygen atoms in total. The molecule has 4 fully saturated rings. The number of hydrogen-bond donors (Lipinski definition) is 2. The number of piperidine rings is 2. The molecule has 0 radical (unpaired) electrons. The van der Waals surface area contributed by atoms with Gasteiger partial charge in [-0.1, -0.05) is 36.2 Å². The molecule has 7 heterocycles. The van der Waals surface area contributed by atoms with Crippen molar-refractivity contribution in [3.8, 4) is 0 Å². The van der Waals surface area contributed by atoms with Crippen molar-refractivity contribution in [1.82, 2.24) is 43.2 Å². The second kappa shape index (κ2) is 20.6. The number of imidazole rings is 2. The maximum atomic E-state index is 12.8. The van der Waals surface area contributed by atoms with E-state index in [2.05, 4.69) is 49.6 Å². The first-order chi connectivity index (χ1) is 29.1. The molecule has 0 bridgehead atoms.